The average molecular weight is 340 g/mol. The van der Waals surface area contributed by atoms with Gasteiger partial charge in [-0.15, -0.1) is 0 Å². The number of nitrogens with zero attached hydrogens (tertiary/aromatic N) is 2. The van der Waals surface area contributed by atoms with Crippen LogP contribution in [-0.4, -0.2) is 63.6 Å². The van der Waals surface area contributed by atoms with E-state index in [1.165, 1.54) is 4.31 Å². The summed E-state index contributed by atoms with van der Waals surface area (Å²) in [4.78, 5) is 2.53. The van der Waals surface area contributed by atoms with E-state index in [0.29, 0.717) is 31.3 Å². The average Bonchev–Trinajstić information content (AvgIpc) is 3.01. The van der Waals surface area contributed by atoms with Gasteiger partial charge in [0.15, 0.2) is 11.5 Å². The molecule has 0 amide bonds. The van der Waals surface area contributed by atoms with Gasteiger partial charge >= 0.3 is 0 Å². The molecule has 0 spiro atoms. The number of para-hydroxylation sites is 1. The van der Waals surface area contributed by atoms with Gasteiger partial charge in [0, 0.05) is 19.6 Å². The molecule has 6 nitrogen and oxygen atoms in total. The van der Waals surface area contributed by atoms with E-state index >= 15 is 0 Å². The Labute approximate surface area is 138 Å². The second kappa shape index (κ2) is 6.67. The molecule has 0 saturated carbocycles. The number of likely N-dealkylation sites (N-methyl/N-ethyl adjacent to an activating group) is 2. The fourth-order valence-corrected chi connectivity index (χ4v) is 4.68. The van der Waals surface area contributed by atoms with E-state index in [9.17, 15) is 8.42 Å². The zero-order valence-electron chi connectivity index (χ0n) is 13.7. The van der Waals surface area contributed by atoms with Crippen LogP contribution in [0.5, 0.6) is 11.5 Å². The van der Waals surface area contributed by atoms with E-state index in [0.717, 1.165) is 25.9 Å². The highest BCUT2D eigenvalue weighted by Gasteiger charge is 2.32. The molecule has 128 valence electrons. The van der Waals surface area contributed by atoms with Crippen LogP contribution in [0, 0.1) is 0 Å². The minimum absolute atomic E-state index is 0.193. The third kappa shape index (κ3) is 3.18. The molecule has 0 aromatic heterocycles. The van der Waals surface area contributed by atoms with Gasteiger partial charge in [-0.25, -0.2) is 8.42 Å². The molecule has 2 aliphatic rings. The molecule has 2 aliphatic heterocycles. The summed E-state index contributed by atoms with van der Waals surface area (Å²) in [5.41, 5.74) is 0. The summed E-state index contributed by atoms with van der Waals surface area (Å²) in [7, 11) is -1.95. The molecular weight excluding hydrogens is 316 g/mol. The summed E-state index contributed by atoms with van der Waals surface area (Å²) < 4.78 is 38.4. The first kappa shape index (κ1) is 16.5. The smallest absolute Gasteiger partial charge is 0.246 e. The largest absolute Gasteiger partial charge is 0.486 e. The quantitative estimate of drug-likeness (QED) is 0.814. The molecule has 1 saturated heterocycles. The second-order valence-corrected chi connectivity index (χ2v) is 8.00. The van der Waals surface area contributed by atoms with Crippen molar-refractivity contribution in [2.24, 2.45) is 0 Å². The highest BCUT2D eigenvalue weighted by atomic mass is 32.2. The Morgan fingerprint density at radius 3 is 2.87 bits per heavy atom. The van der Waals surface area contributed by atoms with Crippen LogP contribution in [0.3, 0.4) is 0 Å². The van der Waals surface area contributed by atoms with Gasteiger partial charge in [-0.1, -0.05) is 13.0 Å². The molecule has 3 rings (SSSR count). The topological polar surface area (TPSA) is 59.1 Å². The predicted molar refractivity (Wildman–Crippen MR) is 87.5 cm³/mol. The first-order valence-corrected chi connectivity index (χ1v) is 9.57. The number of hydrogen-bond donors (Lipinski definition) is 0. The monoisotopic (exact) mass is 340 g/mol. The third-order valence-electron chi connectivity index (χ3n) is 4.59. The molecule has 0 radical (unpaired) electrons. The third-order valence-corrected chi connectivity index (χ3v) is 6.44. The van der Waals surface area contributed by atoms with Gasteiger partial charge in [-0.05, 0) is 38.1 Å². The van der Waals surface area contributed by atoms with Crippen LogP contribution in [0.15, 0.2) is 23.1 Å². The maximum absolute atomic E-state index is 13.0. The standard InChI is InChI=1S/C16H24N2O4S/c1-3-18-9-5-6-13(18)12-17(2)23(19,20)15-8-4-7-14-16(15)22-11-10-21-14/h4,7-8,13H,3,5-6,9-12H2,1-2H3/t13-/m1/s1. The number of benzene rings is 1. The van der Waals surface area contributed by atoms with E-state index in [1.54, 1.807) is 25.2 Å². The molecule has 1 aromatic rings. The summed E-state index contributed by atoms with van der Waals surface area (Å²) in [5.74, 6) is 0.839. The molecule has 0 N–H and O–H groups in total. The number of rotatable bonds is 5. The van der Waals surface area contributed by atoms with Crippen LogP contribution in [0.1, 0.15) is 19.8 Å². The van der Waals surface area contributed by atoms with Gasteiger partial charge in [0.1, 0.15) is 18.1 Å². The predicted octanol–water partition coefficient (Wildman–Crippen LogP) is 1.56. The molecule has 0 unspecified atom stereocenters. The Balaban J connectivity index is 1.84. The number of likely N-dealkylation sites (tertiary alicyclic amines) is 1. The fourth-order valence-electron chi connectivity index (χ4n) is 3.33. The molecule has 7 heteroatoms. The van der Waals surface area contributed by atoms with Crippen molar-refractivity contribution >= 4 is 10.0 Å². The van der Waals surface area contributed by atoms with E-state index in [-0.39, 0.29) is 10.9 Å². The van der Waals surface area contributed by atoms with E-state index in [1.807, 2.05) is 0 Å². The van der Waals surface area contributed by atoms with Crippen molar-refractivity contribution in [1.29, 1.82) is 0 Å². The summed E-state index contributed by atoms with van der Waals surface area (Å²) in [6, 6.07) is 5.31. The van der Waals surface area contributed by atoms with Crippen molar-refractivity contribution < 1.29 is 17.9 Å². The molecule has 0 bridgehead atoms. The molecule has 1 atom stereocenters. The Morgan fingerprint density at radius 2 is 2.09 bits per heavy atom. The maximum atomic E-state index is 13.0. The van der Waals surface area contributed by atoms with Crippen LogP contribution in [0.2, 0.25) is 0 Å². The van der Waals surface area contributed by atoms with Gasteiger partial charge in [-0.2, -0.15) is 4.31 Å². The lowest BCUT2D eigenvalue weighted by molar-refractivity contribution is 0.166. The zero-order chi connectivity index (χ0) is 16.4. The number of fused-ring (bicyclic) bond motifs is 1. The minimum atomic E-state index is -3.60. The van der Waals surface area contributed by atoms with Crippen molar-refractivity contribution in [3.05, 3.63) is 18.2 Å². The van der Waals surface area contributed by atoms with Gasteiger partial charge in [0.05, 0.1) is 0 Å². The lowest BCUT2D eigenvalue weighted by Gasteiger charge is -2.28. The van der Waals surface area contributed by atoms with Crippen LogP contribution in [-0.2, 0) is 10.0 Å². The van der Waals surface area contributed by atoms with Crippen LogP contribution >= 0.6 is 0 Å². The number of sulfonamides is 1. The Kier molecular flexibility index (Phi) is 4.79. The number of ether oxygens (including phenoxy) is 2. The SMILES string of the molecule is CCN1CCC[C@@H]1CN(C)S(=O)(=O)c1cccc2c1OCCO2. The van der Waals surface area contributed by atoms with Crippen molar-refractivity contribution in [3.8, 4) is 11.5 Å². The van der Waals surface area contributed by atoms with E-state index < -0.39 is 10.0 Å². The lowest BCUT2D eigenvalue weighted by Crippen LogP contribution is -2.41. The zero-order valence-corrected chi connectivity index (χ0v) is 14.5. The second-order valence-electron chi connectivity index (χ2n) is 5.99. The maximum Gasteiger partial charge on any atom is 0.246 e. The summed E-state index contributed by atoms with van der Waals surface area (Å²) in [6.07, 6.45) is 2.17. The summed E-state index contributed by atoms with van der Waals surface area (Å²) in [6.45, 7) is 5.44. The molecule has 1 aromatic carbocycles. The Morgan fingerprint density at radius 1 is 1.30 bits per heavy atom. The highest BCUT2D eigenvalue weighted by Crippen LogP contribution is 2.37. The highest BCUT2D eigenvalue weighted by molar-refractivity contribution is 7.89. The summed E-state index contributed by atoms with van der Waals surface area (Å²) >= 11 is 0. The van der Waals surface area contributed by atoms with Gasteiger partial charge in [0.2, 0.25) is 10.0 Å². The number of hydrogen-bond acceptors (Lipinski definition) is 5. The molecule has 0 aliphatic carbocycles. The van der Waals surface area contributed by atoms with E-state index in [2.05, 4.69) is 11.8 Å². The normalized spacial score (nSPS) is 21.8. The van der Waals surface area contributed by atoms with Crippen molar-refractivity contribution in [2.75, 3.05) is 39.9 Å². The Bertz CT molecular complexity index is 662. The summed E-state index contributed by atoms with van der Waals surface area (Å²) in [5, 5.41) is 0. The van der Waals surface area contributed by atoms with Crippen LogP contribution in [0.25, 0.3) is 0 Å². The van der Waals surface area contributed by atoms with E-state index in [4.69, 9.17) is 9.47 Å². The molecule has 2 heterocycles. The van der Waals surface area contributed by atoms with Crippen molar-refractivity contribution in [3.63, 3.8) is 0 Å². The molecule has 1 fully saturated rings. The first-order valence-electron chi connectivity index (χ1n) is 8.13. The van der Waals surface area contributed by atoms with Crippen LogP contribution in [0.4, 0.5) is 0 Å². The van der Waals surface area contributed by atoms with Crippen LogP contribution < -0.4 is 9.47 Å². The van der Waals surface area contributed by atoms with Gasteiger partial charge in [-0.3, -0.25) is 4.90 Å². The van der Waals surface area contributed by atoms with Gasteiger partial charge < -0.3 is 9.47 Å². The Hall–Kier alpha value is -1.31. The van der Waals surface area contributed by atoms with Crippen molar-refractivity contribution in [2.45, 2.75) is 30.7 Å². The minimum Gasteiger partial charge on any atom is -0.486 e. The molecular formula is C16H24N2O4S. The first-order chi connectivity index (χ1) is 11.0. The molecule has 23 heavy (non-hydrogen) atoms. The van der Waals surface area contributed by atoms with Crippen molar-refractivity contribution in [1.82, 2.24) is 9.21 Å². The van der Waals surface area contributed by atoms with Gasteiger partial charge in [0.25, 0.3) is 0 Å². The fraction of sp³-hybridized carbons (Fsp3) is 0.625. The lowest BCUT2D eigenvalue weighted by atomic mass is 10.2.